The lowest BCUT2D eigenvalue weighted by Gasteiger charge is -2.46. The molecule has 150 valence electrons. The van der Waals surface area contributed by atoms with E-state index in [9.17, 15) is 8.42 Å². The van der Waals surface area contributed by atoms with E-state index in [1.165, 1.54) is 11.3 Å². The highest BCUT2D eigenvalue weighted by Gasteiger charge is 2.44. The highest BCUT2D eigenvalue weighted by atomic mass is 35.5. The summed E-state index contributed by atoms with van der Waals surface area (Å²) in [5.74, 6) is 0. The Morgan fingerprint density at radius 3 is 2.55 bits per heavy atom. The minimum atomic E-state index is -3.61. The first-order chi connectivity index (χ1) is 13.9. The number of halogens is 1. The zero-order valence-corrected chi connectivity index (χ0v) is 17.7. The molecule has 3 aromatic rings. The van der Waals surface area contributed by atoms with E-state index >= 15 is 0 Å². The quantitative estimate of drug-likeness (QED) is 0.653. The van der Waals surface area contributed by atoms with E-state index < -0.39 is 10.0 Å². The maximum Gasteiger partial charge on any atom is 0.244 e. The monoisotopic (exact) mass is 427 g/mol. The van der Waals surface area contributed by atoms with Gasteiger partial charge in [0.05, 0.1) is 21.9 Å². The number of hydrogen-bond donors (Lipinski definition) is 1. The van der Waals surface area contributed by atoms with Crippen molar-refractivity contribution >= 4 is 27.3 Å². The zero-order chi connectivity index (χ0) is 20.2. The summed E-state index contributed by atoms with van der Waals surface area (Å²) in [4.78, 5) is 0.179. The Morgan fingerprint density at radius 2 is 1.79 bits per heavy atom. The molecule has 5 nitrogen and oxygen atoms in total. The summed E-state index contributed by atoms with van der Waals surface area (Å²) >= 11 is 6.17. The molecule has 1 saturated heterocycles. The molecule has 1 N–H and O–H groups in total. The van der Waals surface area contributed by atoms with Crippen molar-refractivity contribution in [2.75, 3.05) is 18.4 Å². The molecule has 0 radical (unpaired) electrons. The van der Waals surface area contributed by atoms with Gasteiger partial charge in [-0.3, -0.25) is 0 Å². The average molecular weight is 428 g/mol. The second-order valence-corrected chi connectivity index (χ2v) is 10.1. The number of hydrogen-bond acceptors (Lipinski definition) is 3. The Hall–Kier alpha value is -2.28. The van der Waals surface area contributed by atoms with Crippen LogP contribution in [0.2, 0.25) is 5.02 Å². The third kappa shape index (κ3) is 2.89. The lowest BCUT2D eigenvalue weighted by Crippen LogP contribution is -2.51. The molecule has 5 rings (SSSR count). The van der Waals surface area contributed by atoms with Crippen LogP contribution in [-0.2, 0) is 15.6 Å². The van der Waals surface area contributed by atoms with Gasteiger partial charge in [0.2, 0.25) is 10.0 Å². The fraction of sp³-hybridized carbons (Fsp3) is 0.273. The van der Waals surface area contributed by atoms with E-state index in [1.807, 2.05) is 0 Å². The number of aromatic nitrogens is 1. The molecule has 3 heterocycles. The first-order valence-electron chi connectivity index (χ1n) is 9.72. The minimum absolute atomic E-state index is 0.179. The Labute approximate surface area is 176 Å². The molecule has 0 aliphatic carbocycles. The SMILES string of the molecule is Cc1ccc2c(c1)NC1(CCN(S(=O)(=O)c3ccccc3Cl)CC1)c1cccn1-2. The number of piperidine rings is 1. The molecular formula is C22H22ClN3O2S. The maximum atomic E-state index is 13.1. The van der Waals surface area contributed by atoms with Crippen LogP contribution in [0.1, 0.15) is 24.1 Å². The zero-order valence-electron chi connectivity index (χ0n) is 16.1. The van der Waals surface area contributed by atoms with Crippen LogP contribution in [-0.4, -0.2) is 30.4 Å². The summed E-state index contributed by atoms with van der Waals surface area (Å²) in [5, 5.41) is 4.02. The normalized spacial score (nSPS) is 18.1. The van der Waals surface area contributed by atoms with Crippen LogP contribution in [0.3, 0.4) is 0 Å². The summed E-state index contributed by atoms with van der Waals surface area (Å²) in [6.45, 7) is 2.96. The van der Waals surface area contributed by atoms with Gasteiger partial charge in [-0.1, -0.05) is 29.8 Å². The van der Waals surface area contributed by atoms with Crippen LogP contribution in [0.4, 0.5) is 5.69 Å². The molecular weight excluding hydrogens is 406 g/mol. The Balaban J connectivity index is 1.47. The van der Waals surface area contributed by atoms with Crippen molar-refractivity contribution in [1.82, 2.24) is 8.87 Å². The van der Waals surface area contributed by atoms with Gasteiger partial charge >= 0.3 is 0 Å². The van der Waals surface area contributed by atoms with Gasteiger partial charge in [-0.2, -0.15) is 4.31 Å². The van der Waals surface area contributed by atoms with Crippen molar-refractivity contribution in [3.05, 3.63) is 77.1 Å². The van der Waals surface area contributed by atoms with Crippen LogP contribution in [0.25, 0.3) is 5.69 Å². The lowest BCUT2D eigenvalue weighted by atomic mass is 9.83. The number of sulfonamides is 1. The third-order valence-corrected chi connectivity index (χ3v) is 8.45. The minimum Gasteiger partial charge on any atom is -0.372 e. The lowest BCUT2D eigenvalue weighted by molar-refractivity contribution is 0.247. The standard InChI is InChI=1S/C22H22ClN3O2S/c1-16-8-9-19-18(15-16)24-22(21-7-4-12-26(19)21)10-13-25(14-11-22)29(27,28)20-6-3-2-5-17(20)23/h2-9,12,15,24H,10-11,13-14H2,1H3. The Morgan fingerprint density at radius 1 is 1.03 bits per heavy atom. The first-order valence-corrected chi connectivity index (χ1v) is 11.5. The predicted molar refractivity (Wildman–Crippen MR) is 115 cm³/mol. The summed E-state index contributed by atoms with van der Waals surface area (Å²) in [7, 11) is -3.61. The van der Waals surface area contributed by atoms with E-state index in [0.29, 0.717) is 25.9 Å². The molecule has 1 spiro atoms. The van der Waals surface area contributed by atoms with Crippen molar-refractivity contribution < 1.29 is 8.42 Å². The summed E-state index contributed by atoms with van der Waals surface area (Å²) in [5.41, 5.74) is 4.32. The Bertz CT molecular complexity index is 1190. The summed E-state index contributed by atoms with van der Waals surface area (Å²) < 4.78 is 30.0. The number of fused-ring (bicyclic) bond motifs is 4. The number of rotatable bonds is 2. The molecule has 1 aromatic heterocycles. The molecule has 29 heavy (non-hydrogen) atoms. The molecule has 7 heteroatoms. The molecule has 1 fully saturated rings. The Kier molecular flexibility index (Phi) is 4.28. The number of nitrogens with one attached hydrogen (secondary N) is 1. The van der Waals surface area contributed by atoms with E-state index in [1.54, 1.807) is 28.6 Å². The van der Waals surface area contributed by atoms with Gasteiger partial charge < -0.3 is 9.88 Å². The van der Waals surface area contributed by atoms with Crippen molar-refractivity contribution in [3.63, 3.8) is 0 Å². The van der Waals surface area contributed by atoms with E-state index in [4.69, 9.17) is 11.6 Å². The third-order valence-electron chi connectivity index (χ3n) is 6.06. The fourth-order valence-electron chi connectivity index (χ4n) is 4.55. The largest absolute Gasteiger partial charge is 0.372 e. The van der Waals surface area contributed by atoms with Gasteiger partial charge in [-0.15, -0.1) is 0 Å². The van der Waals surface area contributed by atoms with Crippen molar-refractivity contribution in [2.45, 2.75) is 30.2 Å². The van der Waals surface area contributed by atoms with Gasteiger partial charge in [0.15, 0.2) is 0 Å². The number of benzene rings is 2. The molecule has 0 bridgehead atoms. The van der Waals surface area contributed by atoms with E-state index in [2.05, 4.69) is 53.3 Å². The van der Waals surface area contributed by atoms with E-state index in [-0.39, 0.29) is 15.5 Å². The number of nitrogens with zero attached hydrogens (tertiary/aromatic N) is 2. The second kappa shape index (κ2) is 6.62. The van der Waals surface area contributed by atoms with Crippen molar-refractivity contribution in [1.29, 1.82) is 0 Å². The molecule has 2 aromatic carbocycles. The molecule has 0 amide bonds. The maximum absolute atomic E-state index is 13.1. The average Bonchev–Trinajstić information content (AvgIpc) is 3.19. The highest BCUT2D eigenvalue weighted by Crippen LogP contribution is 2.44. The van der Waals surface area contributed by atoms with Gasteiger partial charge in [0.25, 0.3) is 0 Å². The number of aryl methyl sites for hydroxylation is 1. The van der Waals surface area contributed by atoms with Gasteiger partial charge in [0.1, 0.15) is 4.90 Å². The molecule has 0 atom stereocenters. The van der Waals surface area contributed by atoms with Crippen LogP contribution in [0.15, 0.2) is 65.7 Å². The molecule has 0 saturated carbocycles. The van der Waals surface area contributed by atoms with Crippen LogP contribution < -0.4 is 5.32 Å². The van der Waals surface area contributed by atoms with E-state index in [0.717, 1.165) is 11.4 Å². The van der Waals surface area contributed by atoms with Crippen LogP contribution >= 0.6 is 11.6 Å². The van der Waals surface area contributed by atoms with Crippen LogP contribution in [0.5, 0.6) is 0 Å². The predicted octanol–water partition coefficient (Wildman–Crippen LogP) is 4.54. The van der Waals surface area contributed by atoms with Crippen molar-refractivity contribution in [3.8, 4) is 5.69 Å². The smallest absolute Gasteiger partial charge is 0.244 e. The van der Waals surface area contributed by atoms with Gasteiger partial charge in [-0.25, -0.2) is 8.42 Å². The summed E-state index contributed by atoms with van der Waals surface area (Å²) in [6.07, 6.45) is 3.46. The molecule has 0 unspecified atom stereocenters. The van der Waals surface area contributed by atoms with Gasteiger partial charge in [-0.05, 0) is 61.7 Å². The van der Waals surface area contributed by atoms with Gasteiger partial charge in [0, 0.05) is 25.0 Å². The second-order valence-electron chi connectivity index (χ2n) is 7.83. The molecule has 2 aliphatic rings. The fourth-order valence-corrected chi connectivity index (χ4v) is 6.48. The van der Waals surface area contributed by atoms with Crippen molar-refractivity contribution in [2.24, 2.45) is 0 Å². The van der Waals surface area contributed by atoms with Crippen LogP contribution in [0, 0.1) is 6.92 Å². The topological polar surface area (TPSA) is 54.3 Å². The highest BCUT2D eigenvalue weighted by molar-refractivity contribution is 7.89. The first kappa shape index (κ1) is 18.7. The summed E-state index contributed by atoms with van der Waals surface area (Å²) in [6, 6.07) is 17.2. The molecule has 2 aliphatic heterocycles. The number of anilines is 1.